The topological polar surface area (TPSA) is 85.8 Å². The van der Waals surface area contributed by atoms with Gasteiger partial charge in [0.05, 0.1) is 0 Å². The summed E-state index contributed by atoms with van der Waals surface area (Å²) in [6, 6.07) is 0. The zero-order valence-electron chi connectivity index (χ0n) is 5.40. The van der Waals surface area contributed by atoms with Crippen LogP contribution in [0.4, 0.5) is 11.6 Å². The first kappa shape index (κ1) is 6.53. The molecule has 1 heterocycles. The van der Waals surface area contributed by atoms with Crippen LogP contribution >= 0.6 is 0 Å². The molecule has 1 aromatic heterocycles. The van der Waals surface area contributed by atoms with Crippen molar-refractivity contribution in [1.82, 2.24) is 15.0 Å². The van der Waals surface area contributed by atoms with E-state index in [1.54, 1.807) is 7.05 Å². The van der Waals surface area contributed by atoms with Crippen molar-refractivity contribution >= 4 is 18.0 Å². The number of carbonyl (C=O) groups is 1. The van der Waals surface area contributed by atoms with Crippen LogP contribution in [0.15, 0.2) is 0 Å². The van der Waals surface area contributed by atoms with Crippen LogP contribution in [0.2, 0.25) is 0 Å². The standard InChI is InChI=1S/C4H7N5O/c1-9-4(6-2-10)3(5)7-8-9/h2H,5H2,1H3,(H,6,10). The van der Waals surface area contributed by atoms with E-state index in [2.05, 4.69) is 15.6 Å². The second-order valence-electron chi connectivity index (χ2n) is 1.71. The maximum Gasteiger partial charge on any atom is 0.212 e. The third kappa shape index (κ3) is 0.903. The summed E-state index contributed by atoms with van der Waals surface area (Å²) in [6.45, 7) is 0. The van der Waals surface area contributed by atoms with Gasteiger partial charge in [-0.15, -0.1) is 5.10 Å². The van der Waals surface area contributed by atoms with Gasteiger partial charge in [-0.3, -0.25) is 4.79 Å². The highest BCUT2D eigenvalue weighted by Crippen LogP contribution is 2.10. The van der Waals surface area contributed by atoms with Gasteiger partial charge in [0, 0.05) is 7.05 Å². The molecule has 3 N–H and O–H groups in total. The van der Waals surface area contributed by atoms with Crippen molar-refractivity contribution in [3.8, 4) is 0 Å². The van der Waals surface area contributed by atoms with E-state index < -0.39 is 0 Å². The Kier molecular flexibility index (Phi) is 1.53. The highest BCUT2D eigenvalue weighted by atomic mass is 16.1. The molecule has 54 valence electrons. The van der Waals surface area contributed by atoms with Gasteiger partial charge in [-0.1, -0.05) is 5.21 Å². The highest BCUT2D eigenvalue weighted by Gasteiger charge is 2.03. The summed E-state index contributed by atoms with van der Waals surface area (Å²) in [7, 11) is 1.63. The number of aromatic nitrogens is 3. The molecule has 1 rings (SSSR count). The molecule has 0 saturated carbocycles. The van der Waals surface area contributed by atoms with Gasteiger partial charge >= 0.3 is 0 Å². The quantitative estimate of drug-likeness (QED) is 0.515. The number of nitrogen functional groups attached to an aromatic ring is 1. The molecule has 0 saturated heterocycles. The van der Waals surface area contributed by atoms with Gasteiger partial charge in [0.1, 0.15) is 0 Å². The normalized spacial score (nSPS) is 9.30. The Balaban J connectivity index is 2.97. The van der Waals surface area contributed by atoms with Crippen molar-refractivity contribution in [3.63, 3.8) is 0 Å². The molecule has 0 fully saturated rings. The lowest BCUT2D eigenvalue weighted by molar-refractivity contribution is -0.105. The Morgan fingerprint density at radius 3 is 2.90 bits per heavy atom. The zero-order chi connectivity index (χ0) is 7.56. The average Bonchev–Trinajstić information content (AvgIpc) is 2.20. The lowest BCUT2D eigenvalue weighted by atomic mass is 10.6. The van der Waals surface area contributed by atoms with Crippen LogP contribution in [0.1, 0.15) is 0 Å². The largest absolute Gasteiger partial charge is 0.379 e. The van der Waals surface area contributed by atoms with E-state index in [0.29, 0.717) is 12.2 Å². The molecule has 0 bridgehead atoms. The fraction of sp³-hybridized carbons (Fsp3) is 0.250. The van der Waals surface area contributed by atoms with Gasteiger partial charge in [-0.05, 0) is 0 Å². The third-order valence-electron chi connectivity index (χ3n) is 1.05. The van der Waals surface area contributed by atoms with Gasteiger partial charge < -0.3 is 11.1 Å². The highest BCUT2D eigenvalue weighted by molar-refractivity contribution is 5.74. The minimum atomic E-state index is 0.217. The lowest BCUT2D eigenvalue weighted by Gasteiger charge is -1.95. The number of hydrogen-bond donors (Lipinski definition) is 2. The van der Waals surface area contributed by atoms with E-state index in [4.69, 9.17) is 5.73 Å². The Morgan fingerprint density at radius 1 is 1.80 bits per heavy atom. The van der Waals surface area contributed by atoms with Gasteiger partial charge in [0.15, 0.2) is 11.6 Å². The number of hydrogen-bond acceptors (Lipinski definition) is 4. The first-order chi connectivity index (χ1) is 4.75. The molecular formula is C4H7N5O. The number of nitrogens with one attached hydrogen (secondary N) is 1. The SMILES string of the molecule is Cn1nnc(N)c1NC=O. The Morgan fingerprint density at radius 2 is 2.50 bits per heavy atom. The van der Waals surface area contributed by atoms with E-state index >= 15 is 0 Å². The van der Waals surface area contributed by atoms with Gasteiger partial charge in [0.2, 0.25) is 6.41 Å². The molecule has 0 radical (unpaired) electrons. The molecule has 1 aromatic rings. The zero-order valence-corrected chi connectivity index (χ0v) is 5.40. The summed E-state index contributed by atoms with van der Waals surface area (Å²) in [6.07, 6.45) is 0.523. The van der Waals surface area contributed by atoms with E-state index in [0.717, 1.165) is 0 Å². The molecule has 0 aliphatic carbocycles. The van der Waals surface area contributed by atoms with Crippen LogP contribution in [-0.2, 0) is 11.8 Å². The number of amides is 1. The van der Waals surface area contributed by atoms with Crippen LogP contribution in [-0.4, -0.2) is 21.4 Å². The van der Waals surface area contributed by atoms with Crippen LogP contribution in [0, 0.1) is 0 Å². The first-order valence-electron chi connectivity index (χ1n) is 2.61. The van der Waals surface area contributed by atoms with Gasteiger partial charge in [0.25, 0.3) is 0 Å². The number of anilines is 2. The monoisotopic (exact) mass is 141 g/mol. The minimum Gasteiger partial charge on any atom is -0.379 e. The smallest absolute Gasteiger partial charge is 0.212 e. The Bertz CT molecular complexity index is 222. The number of nitrogens with zero attached hydrogens (tertiary/aromatic N) is 3. The minimum absolute atomic E-state index is 0.217. The van der Waals surface area contributed by atoms with E-state index in [-0.39, 0.29) is 5.82 Å². The molecule has 0 aliphatic heterocycles. The van der Waals surface area contributed by atoms with Crippen LogP contribution in [0.5, 0.6) is 0 Å². The van der Waals surface area contributed by atoms with Crippen molar-refractivity contribution < 1.29 is 4.79 Å². The molecule has 10 heavy (non-hydrogen) atoms. The summed E-state index contributed by atoms with van der Waals surface area (Å²) >= 11 is 0. The fourth-order valence-corrected chi connectivity index (χ4v) is 0.596. The van der Waals surface area contributed by atoms with Crippen LogP contribution in [0.25, 0.3) is 0 Å². The maximum absolute atomic E-state index is 9.94. The predicted octanol–water partition coefficient (Wildman–Crippen LogP) is -1.03. The third-order valence-corrected chi connectivity index (χ3v) is 1.05. The Labute approximate surface area is 57.0 Å². The molecule has 0 aliphatic rings. The maximum atomic E-state index is 9.94. The van der Waals surface area contributed by atoms with E-state index in [9.17, 15) is 4.79 Å². The summed E-state index contributed by atoms with van der Waals surface area (Å²) in [5.74, 6) is 0.629. The molecule has 6 nitrogen and oxygen atoms in total. The van der Waals surface area contributed by atoms with Crippen molar-refractivity contribution in [2.75, 3.05) is 11.1 Å². The Hall–Kier alpha value is -1.59. The molecule has 0 atom stereocenters. The van der Waals surface area contributed by atoms with Crippen molar-refractivity contribution in [3.05, 3.63) is 0 Å². The van der Waals surface area contributed by atoms with E-state index in [1.807, 2.05) is 0 Å². The number of aryl methyl sites for hydroxylation is 1. The average molecular weight is 141 g/mol. The first-order valence-corrected chi connectivity index (χ1v) is 2.61. The summed E-state index contributed by atoms with van der Waals surface area (Å²) in [5.41, 5.74) is 5.31. The van der Waals surface area contributed by atoms with Gasteiger partial charge in [-0.25, -0.2) is 4.68 Å². The summed E-state index contributed by atoms with van der Waals surface area (Å²) in [4.78, 5) is 9.94. The summed E-state index contributed by atoms with van der Waals surface area (Å²) in [5, 5.41) is 9.42. The number of rotatable bonds is 2. The van der Waals surface area contributed by atoms with Gasteiger partial charge in [-0.2, -0.15) is 0 Å². The molecule has 0 unspecified atom stereocenters. The molecule has 0 spiro atoms. The summed E-state index contributed by atoms with van der Waals surface area (Å²) < 4.78 is 1.38. The van der Waals surface area contributed by atoms with Crippen LogP contribution in [0.3, 0.4) is 0 Å². The fourth-order valence-electron chi connectivity index (χ4n) is 0.596. The number of nitrogens with two attached hydrogens (primary N) is 1. The second-order valence-corrected chi connectivity index (χ2v) is 1.71. The number of carbonyl (C=O) groups excluding carboxylic acids is 1. The van der Waals surface area contributed by atoms with Crippen molar-refractivity contribution in [2.45, 2.75) is 0 Å². The molecule has 1 amide bonds. The van der Waals surface area contributed by atoms with Crippen LogP contribution < -0.4 is 11.1 Å². The predicted molar refractivity (Wildman–Crippen MR) is 35.1 cm³/mol. The molecular weight excluding hydrogens is 134 g/mol. The lowest BCUT2D eigenvalue weighted by Crippen LogP contribution is -2.03. The van der Waals surface area contributed by atoms with Crippen molar-refractivity contribution in [1.29, 1.82) is 0 Å². The molecule has 0 aromatic carbocycles. The molecule has 6 heteroatoms. The van der Waals surface area contributed by atoms with E-state index in [1.165, 1.54) is 4.68 Å². The van der Waals surface area contributed by atoms with Crippen molar-refractivity contribution in [2.24, 2.45) is 7.05 Å². The second kappa shape index (κ2) is 2.34.